The van der Waals surface area contributed by atoms with Crippen molar-refractivity contribution in [1.29, 1.82) is 0 Å². The SMILES string of the molecule is NC(=O)C(NC(=O)NCC#Cc1ccccc1)C(N)=O. The first-order valence-corrected chi connectivity index (χ1v) is 5.67. The van der Waals surface area contributed by atoms with Gasteiger partial charge in [-0.1, -0.05) is 30.0 Å². The first kappa shape index (κ1) is 15.0. The number of nitrogens with one attached hydrogen (secondary N) is 2. The predicted molar refractivity (Wildman–Crippen MR) is 72.0 cm³/mol. The molecule has 0 aromatic heterocycles. The fourth-order valence-corrected chi connectivity index (χ4v) is 1.26. The average molecular weight is 274 g/mol. The molecule has 0 spiro atoms. The maximum Gasteiger partial charge on any atom is 0.316 e. The Balaban J connectivity index is 2.43. The molecule has 0 aliphatic carbocycles. The summed E-state index contributed by atoms with van der Waals surface area (Å²) in [6.45, 7) is 0.0466. The lowest BCUT2D eigenvalue weighted by atomic mass is 10.2. The summed E-state index contributed by atoms with van der Waals surface area (Å²) >= 11 is 0. The highest BCUT2D eigenvalue weighted by Gasteiger charge is 2.23. The number of primary amides is 2. The fraction of sp³-hybridized carbons (Fsp3) is 0.154. The van der Waals surface area contributed by atoms with E-state index in [4.69, 9.17) is 11.5 Å². The van der Waals surface area contributed by atoms with Crippen molar-refractivity contribution in [1.82, 2.24) is 10.6 Å². The van der Waals surface area contributed by atoms with Crippen LogP contribution >= 0.6 is 0 Å². The number of carbonyl (C=O) groups excluding carboxylic acids is 3. The predicted octanol–water partition coefficient (Wildman–Crippen LogP) is -1.32. The van der Waals surface area contributed by atoms with Gasteiger partial charge in [-0.05, 0) is 12.1 Å². The average Bonchev–Trinajstić information content (AvgIpc) is 2.41. The molecule has 0 bridgehead atoms. The molecule has 6 N–H and O–H groups in total. The van der Waals surface area contributed by atoms with Gasteiger partial charge >= 0.3 is 6.03 Å². The van der Waals surface area contributed by atoms with Crippen LogP contribution in [0.3, 0.4) is 0 Å². The normalized spacial score (nSPS) is 9.25. The van der Waals surface area contributed by atoms with Crippen LogP contribution in [0.15, 0.2) is 30.3 Å². The molecule has 20 heavy (non-hydrogen) atoms. The van der Waals surface area contributed by atoms with Gasteiger partial charge in [0.1, 0.15) is 0 Å². The van der Waals surface area contributed by atoms with Crippen molar-refractivity contribution in [2.45, 2.75) is 6.04 Å². The largest absolute Gasteiger partial charge is 0.367 e. The summed E-state index contributed by atoms with van der Waals surface area (Å²) in [6, 6.07) is 6.90. The van der Waals surface area contributed by atoms with Crippen LogP contribution in [-0.2, 0) is 9.59 Å². The van der Waals surface area contributed by atoms with E-state index in [9.17, 15) is 14.4 Å². The Morgan fingerprint density at radius 3 is 2.25 bits per heavy atom. The minimum Gasteiger partial charge on any atom is -0.367 e. The molecule has 0 atom stereocenters. The maximum absolute atomic E-state index is 11.4. The Morgan fingerprint density at radius 2 is 1.70 bits per heavy atom. The van der Waals surface area contributed by atoms with Crippen molar-refractivity contribution in [3.05, 3.63) is 35.9 Å². The van der Waals surface area contributed by atoms with Gasteiger partial charge in [-0.3, -0.25) is 9.59 Å². The van der Waals surface area contributed by atoms with Gasteiger partial charge in [0, 0.05) is 5.56 Å². The molecular weight excluding hydrogens is 260 g/mol. The van der Waals surface area contributed by atoms with Gasteiger partial charge in [0.2, 0.25) is 11.8 Å². The molecule has 104 valence electrons. The van der Waals surface area contributed by atoms with Crippen LogP contribution in [0.2, 0.25) is 0 Å². The number of hydrogen-bond donors (Lipinski definition) is 4. The van der Waals surface area contributed by atoms with E-state index in [0.29, 0.717) is 0 Å². The summed E-state index contributed by atoms with van der Waals surface area (Å²) in [7, 11) is 0. The quantitative estimate of drug-likeness (QED) is 0.401. The first-order chi connectivity index (χ1) is 9.50. The van der Waals surface area contributed by atoms with E-state index < -0.39 is 23.9 Å². The van der Waals surface area contributed by atoms with Gasteiger partial charge in [-0.25, -0.2) is 4.79 Å². The van der Waals surface area contributed by atoms with Crippen LogP contribution in [0, 0.1) is 11.8 Å². The molecule has 0 saturated heterocycles. The number of hydrogen-bond acceptors (Lipinski definition) is 3. The van der Waals surface area contributed by atoms with Crippen LogP contribution in [-0.4, -0.2) is 30.4 Å². The zero-order valence-corrected chi connectivity index (χ0v) is 10.6. The molecule has 0 saturated carbocycles. The van der Waals surface area contributed by atoms with Gasteiger partial charge in [0.05, 0.1) is 6.54 Å². The Bertz CT molecular complexity index is 546. The van der Waals surface area contributed by atoms with Gasteiger partial charge in [-0.15, -0.1) is 0 Å². The van der Waals surface area contributed by atoms with Crippen LogP contribution in [0.5, 0.6) is 0 Å². The van der Waals surface area contributed by atoms with Crippen LogP contribution in [0.1, 0.15) is 5.56 Å². The summed E-state index contributed by atoms with van der Waals surface area (Å²) in [5.74, 6) is 3.48. The van der Waals surface area contributed by atoms with Crippen LogP contribution in [0.4, 0.5) is 4.79 Å². The van der Waals surface area contributed by atoms with Crippen LogP contribution in [0.25, 0.3) is 0 Å². The summed E-state index contributed by atoms with van der Waals surface area (Å²) < 4.78 is 0. The molecule has 0 aliphatic rings. The number of amides is 4. The third kappa shape index (κ3) is 5.10. The van der Waals surface area contributed by atoms with Crippen molar-refractivity contribution in [3.63, 3.8) is 0 Å². The smallest absolute Gasteiger partial charge is 0.316 e. The lowest BCUT2D eigenvalue weighted by Crippen LogP contribution is -2.54. The minimum absolute atomic E-state index is 0.0466. The summed E-state index contributed by atoms with van der Waals surface area (Å²) in [6.07, 6.45) is 0. The molecule has 1 aromatic rings. The molecular formula is C13H14N4O3. The fourth-order valence-electron chi connectivity index (χ4n) is 1.26. The van der Waals surface area contributed by atoms with Crippen molar-refractivity contribution in [3.8, 4) is 11.8 Å². The second-order valence-electron chi connectivity index (χ2n) is 3.73. The molecule has 7 heteroatoms. The number of rotatable bonds is 4. The monoisotopic (exact) mass is 274 g/mol. The first-order valence-electron chi connectivity index (χ1n) is 5.67. The highest BCUT2D eigenvalue weighted by Crippen LogP contribution is 1.94. The lowest BCUT2D eigenvalue weighted by molar-refractivity contribution is -0.128. The van der Waals surface area contributed by atoms with Gasteiger partial charge in [-0.2, -0.15) is 0 Å². The molecule has 7 nitrogen and oxygen atoms in total. The highest BCUT2D eigenvalue weighted by atomic mass is 16.2. The van der Waals surface area contributed by atoms with Crippen molar-refractivity contribution in [2.75, 3.05) is 6.54 Å². The summed E-state index contributed by atoms with van der Waals surface area (Å²) in [5.41, 5.74) is 10.6. The number of nitrogens with two attached hydrogens (primary N) is 2. The molecule has 0 heterocycles. The Kier molecular flexibility index (Phi) is 5.59. The third-order valence-corrected chi connectivity index (χ3v) is 2.19. The topological polar surface area (TPSA) is 127 Å². The van der Waals surface area contributed by atoms with Crippen molar-refractivity contribution in [2.24, 2.45) is 11.5 Å². The Hall–Kier alpha value is -3.01. The lowest BCUT2D eigenvalue weighted by Gasteiger charge is -2.11. The van der Waals surface area contributed by atoms with Crippen molar-refractivity contribution >= 4 is 17.8 Å². The van der Waals surface area contributed by atoms with E-state index in [-0.39, 0.29) is 6.54 Å². The van der Waals surface area contributed by atoms with E-state index >= 15 is 0 Å². The zero-order chi connectivity index (χ0) is 15.0. The second kappa shape index (κ2) is 7.43. The zero-order valence-electron chi connectivity index (χ0n) is 10.6. The highest BCUT2D eigenvalue weighted by molar-refractivity contribution is 6.05. The minimum atomic E-state index is -1.54. The number of benzene rings is 1. The van der Waals surface area contributed by atoms with E-state index in [1.54, 1.807) is 0 Å². The van der Waals surface area contributed by atoms with E-state index in [2.05, 4.69) is 17.2 Å². The summed E-state index contributed by atoms with van der Waals surface area (Å²) in [4.78, 5) is 33.1. The summed E-state index contributed by atoms with van der Waals surface area (Å²) in [5, 5.41) is 4.40. The standard InChI is InChI=1S/C13H14N4O3/c14-11(18)10(12(15)19)17-13(20)16-8-4-7-9-5-2-1-3-6-9/h1-3,5-6,10H,8H2,(H2,14,18)(H2,15,19)(H2,16,17,20). The Labute approximate surface area is 115 Å². The number of carbonyl (C=O) groups is 3. The molecule has 1 rings (SSSR count). The molecule has 0 radical (unpaired) electrons. The van der Waals surface area contributed by atoms with Gasteiger partial charge < -0.3 is 22.1 Å². The molecule has 0 fully saturated rings. The van der Waals surface area contributed by atoms with Crippen molar-refractivity contribution < 1.29 is 14.4 Å². The molecule has 4 amide bonds. The third-order valence-electron chi connectivity index (χ3n) is 2.19. The second-order valence-corrected chi connectivity index (χ2v) is 3.73. The van der Waals surface area contributed by atoms with Gasteiger partial charge in [0.15, 0.2) is 6.04 Å². The van der Waals surface area contributed by atoms with Crippen LogP contribution < -0.4 is 22.1 Å². The Morgan fingerprint density at radius 1 is 1.10 bits per heavy atom. The molecule has 0 aliphatic heterocycles. The van der Waals surface area contributed by atoms with E-state index in [0.717, 1.165) is 5.56 Å². The van der Waals surface area contributed by atoms with E-state index in [1.165, 1.54) is 0 Å². The molecule has 1 aromatic carbocycles. The molecule has 0 unspecified atom stereocenters. The maximum atomic E-state index is 11.4. The van der Waals surface area contributed by atoms with Gasteiger partial charge in [0.25, 0.3) is 0 Å². The number of urea groups is 1. The van der Waals surface area contributed by atoms with E-state index in [1.807, 2.05) is 35.6 Å².